The topological polar surface area (TPSA) is 46.5 Å². The largest absolute Gasteiger partial charge is 0.522 e. The molecule has 0 saturated carbocycles. The molecule has 1 aromatic carbocycles. The summed E-state index contributed by atoms with van der Waals surface area (Å²) in [5.41, 5.74) is 0.690. The van der Waals surface area contributed by atoms with Gasteiger partial charge in [0.25, 0.3) is 0 Å². The summed E-state index contributed by atoms with van der Waals surface area (Å²) in [7, 11) is 0. The van der Waals surface area contributed by atoms with Crippen LogP contribution in [0.15, 0.2) is 24.3 Å². The van der Waals surface area contributed by atoms with Crippen molar-refractivity contribution in [2.45, 2.75) is 12.8 Å². The van der Waals surface area contributed by atoms with Gasteiger partial charge >= 0.3 is 12.3 Å². The molecule has 1 rings (SSSR count). The number of aromatic carboxylic acids is 1. The van der Waals surface area contributed by atoms with E-state index in [9.17, 15) is 18.0 Å². The Labute approximate surface area is 89.5 Å². The minimum absolute atomic E-state index is 0.0827. The molecular weight excluding hydrogens is 225 g/mol. The second kappa shape index (κ2) is 4.98. The SMILES string of the molecule is O=C(O)c1ccc(CCOC(F)(F)F)cc1. The third-order valence-corrected chi connectivity index (χ3v) is 1.86. The predicted octanol–water partition coefficient (Wildman–Crippen LogP) is 2.46. The fourth-order valence-electron chi connectivity index (χ4n) is 1.10. The maximum absolute atomic E-state index is 11.6. The van der Waals surface area contributed by atoms with Crippen LogP contribution in [0.3, 0.4) is 0 Å². The number of rotatable bonds is 4. The molecule has 0 amide bonds. The van der Waals surface area contributed by atoms with Crippen LogP contribution in [0, 0.1) is 0 Å². The molecule has 3 nitrogen and oxygen atoms in total. The summed E-state index contributed by atoms with van der Waals surface area (Å²) < 4.78 is 38.5. The Balaban J connectivity index is 2.47. The Morgan fingerprint density at radius 1 is 1.25 bits per heavy atom. The number of benzene rings is 1. The molecule has 0 radical (unpaired) electrons. The summed E-state index contributed by atoms with van der Waals surface area (Å²) in [6, 6.07) is 5.60. The fourth-order valence-corrected chi connectivity index (χ4v) is 1.10. The highest BCUT2D eigenvalue weighted by Gasteiger charge is 2.28. The Kier molecular flexibility index (Phi) is 3.89. The second-order valence-electron chi connectivity index (χ2n) is 3.05. The van der Waals surface area contributed by atoms with E-state index in [-0.39, 0.29) is 12.0 Å². The molecule has 16 heavy (non-hydrogen) atoms. The van der Waals surface area contributed by atoms with Crippen molar-refractivity contribution >= 4 is 5.97 Å². The summed E-state index contributed by atoms with van der Waals surface area (Å²) in [6.07, 6.45) is -4.54. The Morgan fingerprint density at radius 2 is 1.81 bits per heavy atom. The highest BCUT2D eigenvalue weighted by atomic mass is 19.4. The first-order chi connectivity index (χ1) is 7.38. The summed E-state index contributed by atoms with van der Waals surface area (Å²) in [5.74, 6) is -1.07. The van der Waals surface area contributed by atoms with Crippen molar-refractivity contribution in [3.63, 3.8) is 0 Å². The van der Waals surface area contributed by atoms with E-state index in [0.29, 0.717) is 5.56 Å². The van der Waals surface area contributed by atoms with Gasteiger partial charge in [-0.3, -0.25) is 4.74 Å². The van der Waals surface area contributed by atoms with Crippen LogP contribution in [0.5, 0.6) is 0 Å². The Morgan fingerprint density at radius 3 is 2.25 bits per heavy atom. The average molecular weight is 234 g/mol. The molecule has 0 saturated heterocycles. The number of ether oxygens (including phenoxy) is 1. The molecule has 0 fully saturated rings. The normalized spacial score (nSPS) is 11.4. The van der Waals surface area contributed by atoms with Crippen LogP contribution < -0.4 is 0 Å². The Hall–Kier alpha value is -1.56. The van der Waals surface area contributed by atoms with Crippen LogP contribution in [-0.2, 0) is 11.2 Å². The highest BCUT2D eigenvalue weighted by molar-refractivity contribution is 5.87. The number of halogens is 3. The molecule has 0 heterocycles. The first-order valence-electron chi connectivity index (χ1n) is 4.41. The number of carboxylic acid groups (broad SMARTS) is 1. The highest BCUT2D eigenvalue weighted by Crippen LogP contribution is 2.16. The van der Waals surface area contributed by atoms with E-state index in [2.05, 4.69) is 4.74 Å². The lowest BCUT2D eigenvalue weighted by Crippen LogP contribution is -2.15. The van der Waals surface area contributed by atoms with Crippen molar-refractivity contribution in [3.8, 4) is 0 Å². The van der Waals surface area contributed by atoms with Crippen LogP contribution in [0.25, 0.3) is 0 Å². The molecule has 0 aliphatic rings. The maximum Gasteiger partial charge on any atom is 0.522 e. The van der Waals surface area contributed by atoms with E-state index in [4.69, 9.17) is 5.11 Å². The van der Waals surface area contributed by atoms with Gasteiger partial charge in [0.15, 0.2) is 0 Å². The Bertz CT molecular complexity index is 357. The van der Waals surface area contributed by atoms with Crippen LogP contribution in [0.4, 0.5) is 13.2 Å². The summed E-state index contributed by atoms with van der Waals surface area (Å²) in [6.45, 7) is -0.476. The summed E-state index contributed by atoms with van der Waals surface area (Å²) >= 11 is 0. The van der Waals surface area contributed by atoms with Crippen molar-refractivity contribution in [1.29, 1.82) is 0 Å². The van der Waals surface area contributed by atoms with Gasteiger partial charge in [-0.1, -0.05) is 12.1 Å². The molecule has 88 valence electrons. The number of hydrogen-bond donors (Lipinski definition) is 1. The van der Waals surface area contributed by atoms with Crippen molar-refractivity contribution in [3.05, 3.63) is 35.4 Å². The minimum atomic E-state index is -4.62. The first-order valence-corrected chi connectivity index (χ1v) is 4.41. The average Bonchev–Trinajstić information content (AvgIpc) is 2.16. The molecule has 6 heteroatoms. The van der Waals surface area contributed by atoms with Gasteiger partial charge < -0.3 is 5.11 Å². The lowest BCUT2D eigenvalue weighted by Gasteiger charge is -2.07. The summed E-state index contributed by atoms with van der Waals surface area (Å²) in [5, 5.41) is 8.59. The predicted molar refractivity (Wildman–Crippen MR) is 49.1 cm³/mol. The van der Waals surface area contributed by atoms with Gasteiger partial charge in [0, 0.05) is 0 Å². The van der Waals surface area contributed by atoms with E-state index in [1.807, 2.05) is 0 Å². The smallest absolute Gasteiger partial charge is 0.478 e. The zero-order valence-corrected chi connectivity index (χ0v) is 8.12. The van der Waals surface area contributed by atoms with Gasteiger partial charge in [0.2, 0.25) is 0 Å². The van der Waals surface area contributed by atoms with Crippen molar-refractivity contribution in [2.24, 2.45) is 0 Å². The van der Waals surface area contributed by atoms with Crippen LogP contribution >= 0.6 is 0 Å². The second-order valence-corrected chi connectivity index (χ2v) is 3.05. The molecule has 0 unspecified atom stereocenters. The lowest BCUT2D eigenvalue weighted by molar-refractivity contribution is -0.324. The molecular formula is C10H9F3O3. The third-order valence-electron chi connectivity index (χ3n) is 1.86. The fraction of sp³-hybridized carbons (Fsp3) is 0.300. The maximum atomic E-state index is 11.6. The third kappa shape index (κ3) is 4.31. The van der Waals surface area contributed by atoms with Crippen LogP contribution in [-0.4, -0.2) is 24.0 Å². The van der Waals surface area contributed by atoms with E-state index in [1.54, 1.807) is 0 Å². The number of carboxylic acids is 1. The zero-order chi connectivity index (χ0) is 12.2. The molecule has 0 spiro atoms. The van der Waals surface area contributed by atoms with Gasteiger partial charge in [-0.15, -0.1) is 13.2 Å². The van der Waals surface area contributed by atoms with Crippen LogP contribution in [0.1, 0.15) is 15.9 Å². The first kappa shape index (κ1) is 12.5. The van der Waals surface area contributed by atoms with Gasteiger partial charge in [0.1, 0.15) is 0 Å². The standard InChI is InChI=1S/C10H9F3O3/c11-10(12,13)16-6-5-7-1-3-8(4-2-7)9(14)15/h1-4H,5-6H2,(H,14,15). The van der Waals surface area contributed by atoms with Gasteiger partial charge in [-0.25, -0.2) is 4.79 Å². The molecule has 0 aliphatic carbocycles. The molecule has 0 aromatic heterocycles. The van der Waals surface area contributed by atoms with Gasteiger partial charge in [-0.05, 0) is 24.1 Å². The quantitative estimate of drug-likeness (QED) is 0.870. The van der Waals surface area contributed by atoms with Crippen molar-refractivity contribution in [2.75, 3.05) is 6.61 Å². The van der Waals surface area contributed by atoms with Gasteiger partial charge in [0.05, 0.1) is 12.2 Å². The van der Waals surface area contributed by atoms with E-state index in [1.165, 1.54) is 24.3 Å². The molecule has 0 bridgehead atoms. The summed E-state index contributed by atoms with van der Waals surface area (Å²) in [4.78, 5) is 10.5. The minimum Gasteiger partial charge on any atom is -0.478 e. The van der Waals surface area contributed by atoms with Crippen molar-refractivity contribution in [1.82, 2.24) is 0 Å². The van der Waals surface area contributed by atoms with E-state index in [0.717, 1.165) is 0 Å². The number of alkyl halides is 3. The number of carbonyl (C=O) groups is 1. The van der Waals surface area contributed by atoms with Crippen molar-refractivity contribution < 1.29 is 27.8 Å². The lowest BCUT2D eigenvalue weighted by atomic mass is 10.1. The van der Waals surface area contributed by atoms with E-state index >= 15 is 0 Å². The zero-order valence-electron chi connectivity index (χ0n) is 8.12. The van der Waals surface area contributed by atoms with Gasteiger partial charge in [-0.2, -0.15) is 0 Å². The van der Waals surface area contributed by atoms with Crippen LogP contribution in [0.2, 0.25) is 0 Å². The molecule has 0 aliphatic heterocycles. The molecule has 1 aromatic rings. The molecule has 1 N–H and O–H groups in total. The monoisotopic (exact) mass is 234 g/mol. The number of hydrogen-bond acceptors (Lipinski definition) is 2. The van der Waals surface area contributed by atoms with E-state index < -0.39 is 18.9 Å². The molecule has 0 atom stereocenters.